The van der Waals surface area contributed by atoms with E-state index in [2.05, 4.69) is 30.3 Å². The molecule has 0 saturated carbocycles. The summed E-state index contributed by atoms with van der Waals surface area (Å²) < 4.78 is 0. The molecule has 0 atom stereocenters. The molecule has 0 unspecified atom stereocenters. The molecule has 0 amide bonds. The van der Waals surface area contributed by atoms with Crippen molar-refractivity contribution in [1.29, 1.82) is 0 Å². The van der Waals surface area contributed by atoms with Gasteiger partial charge in [-0.05, 0) is 24.8 Å². The van der Waals surface area contributed by atoms with E-state index in [0.29, 0.717) is 5.84 Å². The van der Waals surface area contributed by atoms with Gasteiger partial charge < -0.3 is 5.73 Å². The quantitative estimate of drug-likeness (QED) is 0.469. The summed E-state index contributed by atoms with van der Waals surface area (Å²) in [6, 6.07) is 8.16. The summed E-state index contributed by atoms with van der Waals surface area (Å²) in [5.41, 5.74) is 6.83. The van der Waals surface area contributed by atoms with Crippen LogP contribution in [0.25, 0.3) is 0 Å². The average molecular weight is 208 g/mol. The first-order chi connectivity index (χ1) is 6.77. The number of benzene rings is 1. The summed E-state index contributed by atoms with van der Waals surface area (Å²) in [4.78, 5) is 5.50. The highest BCUT2D eigenvalue weighted by molar-refractivity contribution is 7.98. The first-order valence-corrected chi connectivity index (χ1v) is 5.94. The molecular weight excluding hydrogens is 192 g/mol. The highest BCUT2D eigenvalue weighted by Gasteiger charge is 1.97. The van der Waals surface area contributed by atoms with E-state index >= 15 is 0 Å². The lowest BCUT2D eigenvalue weighted by atomic mass is 10.2. The van der Waals surface area contributed by atoms with Crippen LogP contribution in [-0.4, -0.2) is 18.6 Å². The average Bonchev–Trinajstić information content (AvgIpc) is 2.26. The molecule has 0 heterocycles. The van der Waals surface area contributed by atoms with E-state index in [1.807, 2.05) is 12.1 Å². The molecule has 14 heavy (non-hydrogen) atoms. The number of aliphatic imine (C=N–C) groups is 1. The van der Waals surface area contributed by atoms with E-state index in [0.717, 1.165) is 18.5 Å². The maximum absolute atomic E-state index is 5.82. The van der Waals surface area contributed by atoms with Crippen molar-refractivity contribution in [1.82, 2.24) is 0 Å². The summed E-state index contributed by atoms with van der Waals surface area (Å²) in [6.07, 6.45) is 3.09. The van der Waals surface area contributed by atoms with Crippen LogP contribution in [0.5, 0.6) is 0 Å². The number of amidine groups is 1. The van der Waals surface area contributed by atoms with Crippen LogP contribution < -0.4 is 5.73 Å². The van der Waals surface area contributed by atoms with Gasteiger partial charge in [0.05, 0.1) is 0 Å². The third-order valence-electron chi connectivity index (χ3n) is 1.89. The molecule has 0 aliphatic heterocycles. The van der Waals surface area contributed by atoms with Crippen molar-refractivity contribution in [2.24, 2.45) is 10.7 Å². The highest BCUT2D eigenvalue weighted by Crippen LogP contribution is 2.14. The van der Waals surface area contributed by atoms with Gasteiger partial charge in [0.15, 0.2) is 0 Å². The molecule has 2 N–H and O–H groups in total. The van der Waals surface area contributed by atoms with Crippen LogP contribution in [0.4, 0.5) is 0 Å². The fourth-order valence-corrected chi connectivity index (χ4v) is 1.49. The second kappa shape index (κ2) is 5.70. The summed E-state index contributed by atoms with van der Waals surface area (Å²) in [7, 11) is 0. The van der Waals surface area contributed by atoms with Gasteiger partial charge in [-0.3, -0.25) is 4.99 Å². The van der Waals surface area contributed by atoms with Gasteiger partial charge in [-0.2, -0.15) is 0 Å². The van der Waals surface area contributed by atoms with Crippen molar-refractivity contribution in [2.75, 3.05) is 12.8 Å². The van der Waals surface area contributed by atoms with Gasteiger partial charge in [0, 0.05) is 17.0 Å². The Kier molecular flexibility index (Phi) is 4.53. The lowest BCUT2D eigenvalue weighted by Gasteiger charge is -2.01. The molecule has 1 rings (SSSR count). The van der Waals surface area contributed by atoms with E-state index in [4.69, 9.17) is 5.73 Å². The Balaban J connectivity index is 2.76. The standard InChI is InChI=1S/C11H16N2S/c1-3-8-13-11(12)9-4-6-10(14-2)7-5-9/h4-7H,3,8H2,1-2H3,(H2,12,13). The lowest BCUT2D eigenvalue weighted by molar-refractivity contribution is 0.930. The van der Waals surface area contributed by atoms with Gasteiger partial charge in [0.25, 0.3) is 0 Å². The fraction of sp³-hybridized carbons (Fsp3) is 0.364. The van der Waals surface area contributed by atoms with E-state index in [-0.39, 0.29) is 0 Å². The maximum atomic E-state index is 5.82. The normalized spacial score (nSPS) is 11.7. The Morgan fingerprint density at radius 2 is 2.00 bits per heavy atom. The SMILES string of the molecule is CCCN=C(N)c1ccc(SC)cc1. The lowest BCUT2D eigenvalue weighted by Crippen LogP contribution is -2.13. The number of thioether (sulfide) groups is 1. The van der Waals surface area contributed by atoms with Gasteiger partial charge in [0.2, 0.25) is 0 Å². The predicted molar refractivity (Wildman–Crippen MR) is 64.1 cm³/mol. The number of hydrogen-bond acceptors (Lipinski definition) is 2. The first kappa shape index (κ1) is 11.1. The third-order valence-corrected chi connectivity index (χ3v) is 2.64. The molecule has 76 valence electrons. The topological polar surface area (TPSA) is 38.4 Å². The minimum atomic E-state index is 0.638. The molecule has 0 aliphatic rings. The zero-order valence-corrected chi connectivity index (χ0v) is 9.47. The molecule has 0 aliphatic carbocycles. The molecular formula is C11H16N2S. The van der Waals surface area contributed by atoms with Gasteiger partial charge in [0.1, 0.15) is 5.84 Å². The van der Waals surface area contributed by atoms with Crippen LogP contribution in [0.3, 0.4) is 0 Å². The number of nitrogens with two attached hydrogens (primary N) is 1. The number of nitrogens with zero attached hydrogens (tertiary/aromatic N) is 1. The van der Waals surface area contributed by atoms with Crippen molar-refractivity contribution in [3.8, 4) is 0 Å². The molecule has 1 aromatic rings. The Morgan fingerprint density at radius 3 is 2.50 bits per heavy atom. The fourth-order valence-electron chi connectivity index (χ4n) is 1.09. The molecule has 1 aromatic carbocycles. The summed E-state index contributed by atoms with van der Waals surface area (Å²) in [5.74, 6) is 0.638. The smallest absolute Gasteiger partial charge is 0.125 e. The van der Waals surface area contributed by atoms with Crippen molar-refractivity contribution >= 4 is 17.6 Å². The van der Waals surface area contributed by atoms with E-state index in [1.54, 1.807) is 11.8 Å². The molecule has 0 fully saturated rings. The molecule has 0 radical (unpaired) electrons. The largest absolute Gasteiger partial charge is 0.384 e. The van der Waals surface area contributed by atoms with Gasteiger partial charge in [-0.25, -0.2) is 0 Å². The zero-order valence-electron chi connectivity index (χ0n) is 8.66. The molecule has 0 saturated heterocycles. The Morgan fingerprint density at radius 1 is 1.36 bits per heavy atom. The van der Waals surface area contributed by atoms with Crippen LogP contribution in [0, 0.1) is 0 Å². The number of rotatable bonds is 4. The maximum Gasteiger partial charge on any atom is 0.125 e. The van der Waals surface area contributed by atoms with Crippen LogP contribution in [0.2, 0.25) is 0 Å². The van der Waals surface area contributed by atoms with Crippen molar-refractivity contribution in [3.05, 3.63) is 29.8 Å². The van der Waals surface area contributed by atoms with Crippen LogP contribution in [0.1, 0.15) is 18.9 Å². The summed E-state index contributed by atoms with van der Waals surface area (Å²) >= 11 is 1.73. The van der Waals surface area contributed by atoms with Gasteiger partial charge >= 0.3 is 0 Å². The molecule has 0 aromatic heterocycles. The Bertz CT molecular complexity index is 304. The van der Waals surface area contributed by atoms with Gasteiger partial charge in [-0.15, -0.1) is 11.8 Å². The number of hydrogen-bond donors (Lipinski definition) is 1. The van der Waals surface area contributed by atoms with Gasteiger partial charge in [-0.1, -0.05) is 19.1 Å². The van der Waals surface area contributed by atoms with E-state index in [1.165, 1.54) is 4.90 Å². The van der Waals surface area contributed by atoms with Crippen molar-refractivity contribution in [2.45, 2.75) is 18.2 Å². The molecule has 2 nitrogen and oxygen atoms in total. The second-order valence-corrected chi connectivity index (χ2v) is 3.88. The minimum absolute atomic E-state index is 0.638. The zero-order chi connectivity index (χ0) is 10.4. The van der Waals surface area contributed by atoms with Crippen molar-refractivity contribution < 1.29 is 0 Å². The van der Waals surface area contributed by atoms with Crippen molar-refractivity contribution in [3.63, 3.8) is 0 Å². The summed E-state index contributed by atoms with van der Waals surface area (Å²) in [6.45, 7) is 2.89. The Hall–Kier alpha value is -0.960. The molecule has 0 bridgehead atoms. The van der Waals surface area contributed by atoms with E-state index < -0.39 is 0 Å². The predicted octanol–water partition coefficient (Wildman–Crippen LogP) is 2.52. The Labute approximate surface area is 89.6 Å². The summed E-state index contributed by atoms with van der Waals surface area (Å²) in [5, 5.41) is 0. The van der Waals surface area contributed by atoms with Crippen LogP contribution in [0.15, 0.2) is 34.2 Å². The third kappa shape index (κ3) is 3.07. The molecule has 3 heteroatoms. The van der Waals surface area contributed by atoms with Crippen LogP contribution in [-0.2, 0) is 0 Å². The highest BCUT2D eigenvalue weighted by atomic mass is 32.2. The van der Waals surface area contributed by atoms with E-state index in [9.17, 15) is 0 Å². The first-order valence-electron chi connectivity index (χ1n) is 4.72. The second-order valence-electron chi connectivity index (χ2n) is 3.00. The minimum Gasteiger partial charge on any atom is -0.384 e. The molecule has 0 spiro atoms. The monoisotopic (exact) mass is 208 g/mol. The van der Waals surface area contributed by atoms with Crippen LogP contribution >= 0.6 is 11.8 Å².